The molecule has 4 rings (SSSR count). The maximum Gasteiger partial charge on any atom is 0.343 e. The smallest absolute Gasteiger partial charge is 0.343 e. The second-order valence-electron chi connectivity index (χ2n) is 8.73. The Morgan fingerprint density at radius 3 is 2.17 bits per heavy atom. The number of benzene rings is 3. The Kier molecular flexibility index (Phi) is 7.76. The van der Waals surface area contributed by atoms with Crippen LogP contribution in [0.25, 0.3) is 11.1 Å². The molecule has 3 aromatic rings. The largest absolute Gasteiger partial charge is 0.491 e. The van der Waals surface area contributed by atoms with Gasteiger partial charge in [0.05, 0.1) is 12.2 Å². The van der Waals surface area contributed by atoms with E-state index in [9.17, 15) is 23.1 Å². The van der Waals surface area contributed by atoms with Crippen LogP contribution in [0.4, 0.5) is 13.2 Å². The van der Waals surface area contributed by atoms with Gasteiger partial charge in [-0.15, -0.1) is 0 Å². The minimum absolute atomic E-state index is 0.108. The third-order valence-electron chi connectivity index (χ3n) is 6.51. The predicted octanol–water partition coefficient (Wildman–Crippen LogP) is 6.65. The Bertz CT molecular complexity index is 1190. The summed E-state index contributed by atoms with van der Waals surface area (Å²) in [4.78, 5) is 12.5. The van der Waals surface area contributed by atoms with Gasteiger partial charge in [0.25, 0.3) is 0 Å². The Hall–Kier alpha value is -3.32. The second-order valence-corrected chi connectivity index (χ2v) is 8.73. The monoisotopic (exact) mass is 484 g/mol. The van der Waals surface area contributed by atoms with Crippen LogP contribution in [0, 0.1) is 23.4 Å². The van der Waals surface area contributed by atoms with E-state index in [4.69, 9.17) is 9.47 Å². The van der Waals surface area contributed by atoms with Gasteiger partial charge in [-0.2, -0.15) is 4.39 Å². The minimum Gasteiger partial charge on any atom is -0.491 e. The number of hydrogen-bond acceptors (Lipinski definition) is 4. The highest BCUT2D eigenvalue weighted by Gasteiger charge is 2.27. The molecule has 0 amide bonds. The quantitative estimate of drug-likeness (QED) is 0.301. The molecule has 0 aliphatic heterocycles. The number of aliphatic hydroxyl groups is 1. The van der Waals surface area contributed by atoms with Crippen molar-refractivity contribution in [2.24, 2.45) is 5.92 Å². The summed E-state index contributed by atoms with van der Waals surface area (Å²) in [5.74, 6) is -3.75. The Balaban J connectivity index is 1.45. The molecule has 1 aliphatic carbocycles. The number of ether oxygens (including phenoxy) is 2. The zero-order valence-corrected chi connectivity index (χ0v) is 19.4. The van der Waals surface area contributed by atoms with E-state index in [1.165, 1.54) is 36.4 Å². The predicted molar refractivity (Wildman–Crippen MR) is 126 cm³/mol. The normalized spacial score (nSPS) is 17.7. The van der Waals surface area contributed by atoms with E-state index in [-0.39, 0.29) is 35.3 Å². The molecule has 1 fully saturated rings. The molecule has 184 valence electrons. The molecule has 0 heterocycles. The molecule has 0 spiro atoms. The zero-order valence-electron chi connectivity index (χ0n) is 19.4. The average Bonchev–Trinajstić information content (AvgIpc) is 2.88. The molecule has 1 N–H and O–H groups in total. The zero-order chi connectivity index (χ0) is 24.9. The highest BCUT2D eigenvalue weighted by atomic mass is 19.2. The van der Waals surface area contributed by atoms with Crippen molar-refractivity contribution in [2.45, 2.75) is 38.5 Å². The van der Waals surface area contributed by atoms with Crippen molar-refractivity contribution in [2.75, 3.05) is 13.2 Å². The van der Waals surface area contributed by atoms with Crippen LogP contribution < -0.4 is 9.47 Å². The molecule has 0 bridgehead atoms. The van der Waals surface area contributed by atoms with Gasteiger partial charge in [0, 0.05) is 6.61 Å². The van der Waals surface area contributed by atoms with E-state index in [2.05, 4.69) is 0 Å². The maximum absolute atomic E-state index is 14.8. The van der Waals surface area contributed by atoms with Crippen molar-refractivity contribution in [3.05, 3.63) is 83.2 Å². The van der Waals surface area contributed by atoms with Crippen LogP contribution in [0.15, 0.2) is 54.6 Å². The number of halogens is 3. The van der Waals surface area contributed by atoms with Crippen LogP contribution >= 0.6 is 0 Å². The van der Waals surface area contributed by atoms with Crippen LogP contribution in [-0.4, -0.2) is 24.3 Å². The van der Waals surface area contributed by atoms with Crippen LogP contribution in [-0.2, 0) is 0 Å². The van der Waals surface area contributed by atoms with Crippen molar-refractivity contribution in [3.63, 3.8) is 0 Å². The standard InChI is InChI=1S/C28H27F3O4/c1-2-34-24-13-11-21(15-23(24)29)18-7-9-20(10-8-18)28(33)35-25-14-12-22(26(30)27(25)31)19-5-3-17(16-32)4-6-19/h7-15,17,19,32H,2-6,16H2,1H3. The lowest BCUT2D eigenvalue weighted by Crippen LogP contribution is -2.17. The summed E-state index contributed by atoms with van der Waals surface area (Å²) < 4.78 is 54.0. The first-order valence-corrected chi connectivity index (χ1v) is 11.7. The summed E-state index contributed by atoms with van der Waals surface area (Å²) in [5.41, 5.74) is 1.68. The number of carbonyl (C=O) groups is 1. The van der Waals surface area contributed by atoms with E-state index in [1.54, 1.807) is 25.1 Å². The number of aliphatic hydroxyl groups excluding tert-OH is 1. The molecule has 0 aromatic heterocycles. The van der Waals surface area contributed by atoms with E-state index in [1.807, 2.05) is 0 Å². The summed E-state index contributed by atoms with van der Waals surface area (Å²) in [5, 5.41) is 9.27. The van der Waals surface area contributed by atoms with Crippen molar-refractivity contribution in [1.29, 1.82) is 0 Å². The molecule has 0 radical (unpaired) electrons. The Morgan fingerprint density at radius 2 is 1.54 bits per heavy atom. The van der Waals surface area contributed by atoms with E-state index in [0.29, 0.717) is 30.6 Å². The van der Waals surface area contributed by atoms with E-state index < -0.39 is 29.2 Å². The van der Waals surface area contributed by atoms with Gasteiger partial charge in [-0.25, -0.2) is 13.6 Å². The number of esters is 1. The fourth-order valence-electron chi connectivity index (χ4n) is 4.51. The van der Waals surface area contributed by atoms with Crippen LogP contribution in [0.1, 0.15) is 54.4 Å². The molecule has 1 aliphatic rings. The molecule has 4 nitrogen and oxygen atoms in total. The molecule has 0 atom stereocenters. The third kappa shape index (κ3) is 5.51. The first-order chi connectivity index (χ1) is 16.9. The van der Waals surface area contributed by atoms with E-state index in [0.717, 1.165) is 12.8 Å². The van der Waals surface area contributed by atoms with Gasteiger partial charge in [0.1, 0.15) is 0 Å². The third-order valence-corrected chi connectivity index (χ3v) is 6.51. The summed E-state index contributed by atoms with van der Waals surface area (Å²) in [7, 11) is 0. The average molecular weight is 485 g/mol. The maximum atomic E-state index is 14.8. The van der Waals surface area contributed by atoms with Gasteiger partial charge in [-0.1, -0.05) is 24.3 Å². The lowest BCUT2D eigenvalue weighted by atomic mass is 9.79. The van der Waals surface area contributed by atoms with Crippen molar-refractivity contribution in [3.8, 4) is 22.6 Å². The van der Waals surface area contributed by atoms with Gasteiger partial charge in [0.2, 0.25) is 5.82 Å². The second kappa shape index (κ2) is 11.0. The molecule has 0 saturated heterocycles. The molecular weight excluding hydrogens is 457 g/mol. The summed E-state index contributed by atoms with van der Waals surface area (Å²) >= 11 is 0. The van der Waals surface area contributed by atoms with E-state index >= 15 is 0 Å². The molecule has 3 aromatic carbocycles. The lowest BCUT2D eigenvalue weighted by molar-refractivity contribution is 0.0726. The fraction of sp³-hybridized carbons (Fsp3) is 0.321. The van der Waals surface area contributed by atoms with Crippen LogP contribution in [0.5, 0.6) is 11.5 Å². The first kappa shape index (κ1) is 24.8. The van der Waals surface area contributed by atoms with Crippen LogP contribution in [0.3, 0.4) is 0 Å². The SMILES string of the molecule is CCOc1ccc(-c2ccc(C(=O)Oc3ccc(C4CCC(CO)CC4)c(F)c3F)cc2)cc1F. The Labute approximate surface area is 202 Å². The minimum atomic E-state index is -1.19. The molecule has 0 unspecified atom stereocenters. The summed E-state index contributed by atoms with van der Waals surface area (Å²) in [6, 6.07) is 13.5. The summed E-state index contributed by atoms with van der Waals surface area (Å²) in [6.07, 6.45) is 2.87. The van der Waals surface area contributed by atoms with Gasteiger partial charge in [-0.3, -0.25) is 0 Å². The van der Waals surface area contributed by atoms with Gasteiger partial charge < -0.3 is 14.6 Å². The van der Waals surface area contributed by atoms with Gasteiger partial charge in [0.15, 0.2) is 23.1 Å². The highest BCUT2D eigenvalue weighted by Crippen LogP contribution is 2.38. The van der Waals surface area contributed by atoms with Gasteiger partial charge in [-0.05, 0) is 91.5 Å². The van der Waals surface area contributed by atoms with Crippen LogP contribution in [0.2, 0.25) is 0 Å². The first-order valence-electron chi connectivity index (χ1n) is 11.7. The van der Waals surface area contributed by atoms with Crippen molar-refractivity contribution in [1.82, 2.24) is 0 Å². The highest BCUT2D eigenvalue weighted by molar-refractivity contribution is 5.91. The summed E-state index contributed by atoms with van der Waals surface area (Å²) in [6.45, 7) is 2.23. The number of hydrogen-bond donors (Lipinski definition) is 1. The van der Waals surface area contributed by atoms with Crippen molar-refractivity contribution >= 4 is 5.97 Å². The Morgan fingerprint density at radius 1 is 0.886 bits per heavy atom. The number of carbonyl (C=O) groups excluding carboxylic acids is 1. The van der Waals surface area contributed by atoms with Crippen molar-refractivity contribution < 1.29 is 32.5 Å². The molecule has 7 heteroatoms. The number of rotatable bonds is 7. The van der Waals surface area contributed by atoms with Gasteiger partial charge >= 0.3 is 5.97 Å². The lowest BCUT2D eigenvalue weighted by Gasteiger charge is -2.28. The molecule has 35 heavy (non-hydrogen) atoms. The molecular formula is C28H27F3O4. The molecule has 1 saturated carbocycles. The fourth-order valence-corrected chi connectivity index (χ4v) is 4.51. The topological polar surface area (TPSA) is 55.8 Å².